The molecule has 0 amide bonds. The van der Waals surface area contributed by atoms with Crippen LogP contribution in [-0.2, 0) is 9.47 Å². The zero-order chi connectivity index (χ0) is 29.4. The summed E-state index contributed by atoms with van der Waals surface area (Å²) in [7, 11) is 2.48. The highest BCUT2D eigenvalue weighted by Gasteiger charge is 2.45. The highest BCUT2D eigenvalue weighted by Crippen LogP contribution is 2.44. The first kappa shape index (κ1) is 32.4. The van der Waals surface area contributed by atoms with Crippen LogP contribution in [0.2, 0.25) is 10.3 Å². The van der Waals surface area contributed by atoms with Gasteiger partial charge in [-0.1, -0.05) is 36.5 Å². The summed E-state index contributed by atoms with van der Waals surface area (Å²) in [4.78, 5) is 29.5. The van der Waals surface area contributed by atoms with Crippen molar-refractivity contribution >= 4 is 35.1 Å². The highest BCUT2D eigenvalue weighted by molar-refractivity contribution is 6.31. The Bertz CT molecular complexity index is 1140. The van der Waals surface area contributed by atoms with E-state index in [1.807, 2.05) is 6.92 Å². The Morgan fingerprint density at radius 2 is 1.33 bits per heavy atom. The number of alkyl halides is 4. The lowest BCUT2D eigenvalue weighted by molar-refractivity contribution is -0.119. The van der Waals surface area contributed by atoms with Crippen LogP contribution in [-0.4, -0.2) is 59.7 Å². The number of hydrogen-bond donors (Lipinski definition) is 1. The van der Waals surface area contributed by atoms with Crippen LogP contribution in [0.4, 0.5) is 17.6 Å². The summed E-state index contributed by atoms with van der Waals surface area (Å²) in [5.41, 5.74) is 0.135. The minimum absolute atomic E-state index is 0.00832. The molecule has 2 aliphatic carbocycles. The summed E-state index contributed by atoms with van der Waals surface area (Å²) in [6, 6.07) is 5.48. The van der Waals surface area contributed by atoms with E-state index in [4.69, 9.17) is 33.0 Å². The molecule has 14 heteroatoms. The molecule has 0 saturated heterocycles. The van der Waals surface area contributed by atoms with Gasteiger partial charge < -0.3 is 19.3 Å². The molecule has 1 N–H and O–H groups in total. The molecule has 2 saturated carbocycles. The lowest BCUT2D eigenvalue weighted by atomic mass is 9.80. The molecule has 216 valence electrons. The first-order chi connectivity index (χ1) is 18.2. The molecule has 2 heterocycles. The Labute approximate surface area is 232 Å². The van der Waals surface area contributed by atoms with Gasteiger partial charge in [-0.3, -0.25) is 0 Å². The first-order valence-corrected chi connectivity index (χ1v) is 12.5. The van der Waals surface area contributed by atoms with E-state index in [0.29, 0.717) is 5.92 Å². The second kappa shape index (κ2) is 14.0. The van der Waals surface area contributed by atoms with Gasteiger partial charge in [-0.05, 0) is 30.2 Å². The molecule has 0 radical (unpaired) electrons. The van der Waals surface area contributed by atoms with Gasteiger partial charge in [0.05, 0.1) is 20.8 Å². The minimum atomic E-state index is -2.56. The Balaban J connectivity index is 0.000000227. The average Bonchev–Trinajstić information content (AvgIpc) is 2.86. The second-order valence-electron chi connectivity index (χ2n) is 8.95. The Morgan fingerprint density at radius 3 is 1.72 bits per heavy atom. The second-order valence-corrected chi connectivity index (χ2v) is 9.67. The number of carbonyl (C=O) groups excluding carboxylic acids is 2. The summed E-state index contributed by atoms with van der Waals surface area (Å²) in [5, 5.41) is 8.85. The van der Waals surface area contributed by atoms with E-state index in [9.17, 15) is 27.2 Å². The molecule has 8 nitrogen and oxygen atoms in total. The van der Waals surface area contributed by atoms with E-state index < -0.39 is 23.8 Å². The first-order valence-electron chi connectivity index (χ1n) is 11.8. The predicted octanol–water partition coefficient (Wildman–Crippen LogP) is 6.61. The van der Waals surface area contributed by atoms with E-state index >= 15 is 0 Å². The van der Waals surface area contributed by atoms with Gasteiger partial charge in [0.25, 0.3) is 0 Å². The largest absolute Gasteiger partial charge is 0.505 e. The summed E-state index contributed by atoms with van der Waals surface area (Å²) < 4.78 is 63.4. The average molecular weight is 599 g/mol. The third kappa shape index (κ3) is 9.99. The number of aromatic nitrogens is 2. The number of rotatable bonds is 6. The Hall–Kier alpha value is -2.86. The Kier molecular flexibility index (Phi) is 11.6. The van der Waals surface area contributed by atoms with Crippen molar-refractivity contribution in [2.75, 3.05) is 20.8 Å². The molecule has 0 atom stereocenters. The lowest BCUT2D eigenvalue weighted by Gasteiger charge is -2.34. The van der Waals surface area contributed by atoms with Crippen LogP contribution in [0.5, 0.6) is 11.5 Å². The molecule has 2 aromatic heterocycles. The van der Waals surface area contributed by atoms with Crippen molar-refractivity contribution in [2.45, 2.75) is 50.9 Å². The molecule has 2 aromatic rings. The van der Waals surface area contributed by atoms with Crippen molar-refractivity contribution in [1.82, 2.24) is 9.97 Å². The fourth-order valence-electron chi connectivity index (χ4n) is 3.58. The van der Waals surface area contributed by atoms with E-state index in [-0.39, 0.29) is 71.4 Å². The van der Waals surface area contributed by atoms with Crippen LogP contribution in [0, 0.1) is 11.8 Å². The van der Waals surface area contributed by atoms with Gasteiger partial charge in [0, 0.05) is 31.6 Å². The quantitative estimate of drug-likeness (QED) is 0.225. The zero-order valence-electron chi connectivity index (χ0n) is 21.4. The molecule has 39 heavy (non-hydrogen) atoms. The molecule has 0 aromatic carbocycles. The van der Waals surface area contributed by atoms with Crippen LogP contribution >= 0.6 is 23.2 Å². The van der Waals surface area contributed by atoms with Crippen molar-refractivity contribution in [3.8, 4) is 11.5 Å². The van der Waals surface area contributed by atoms with Crippen molar-refractivity contribution in [3.63, 3.8) is 0 Å². The number of carbonyl (C=O) groups is 2. The van der Waals surface area contributed by atoms with Gasteiger partial charge in [0.2, 0.25) is 11.8 Å². The normalized spacial score (nSPS) is 17.2. The van der Waals surface area contributed by atoms with E-state index in [0.717, 1.165) is 6.42 Å². The lowest BCUT2D eigenvalue weighted by Crippen LogP contribution is -2.38. The maximum absolute atomic E-state index is 12.6. The number of esters is 2. The fourth-order valence-corrected chi connectivity index (χ4v) is 3.94. The van der Waals surface area contributed by atoms with Gasteiger partial charge in [-0.25, -0.2) is 37.1 Å². The third-order valence-corrected chi connectivity index (χ3v) is 6.38. The summed E-state index contributed by atoms with van der Waals surface area (Å²) in [5.74, 6) is -5.82. The monoisotopic (exact) mass is 598 g/mol. The summed E-state index contributed by atoms with van der Waals surface area (Å²) >= 11 is 11.3. The summed E-state index contributed by atoms with van der Waals surface area (Å²) in [6.07, 6.45) is 0.833. The van der Waals surface area contributed by atoms with Gasteiger partial charge in [-0.2, -0.15) is 0 Å². The number of aromatic hydroxyl groups is 1. The molecule has 4 rings (SSSR count). The van der Waals surface area contributed by atoms with Crippen LogP contribution in [0.3, 0.4) is 0 Å². The number of pyridine rings is 2. The van der Waals surface area contributed by atoms with Gasteiger partial charge in [-0.15, -0.1) is 0 Å². The third-order valence-electron chi connectivity index (χ3n) is 5.83. The molecular weight excluding hydrogens is 571 g/mol. The molecule has 0 unspecified atom stereocenters. The smallest absolute Gasteiger partial charge is 0.356 e. The van der Waals surface area contributed by atoms with Gasteiger partial charge >= 0.3 is 11.9 Å². The number of methoxy groups -OCH3 is 2. The summed E-state index contributed by atoms with van der Waals surface area (Å²) in [6.45, 7) is 2.12. The molecule has 2 fully saturated rings. The van der Waals surface area contributed by atoms with Crippen molar-refractivity contribution in [1.29, 1.82) is 0 Å². The topological polar surface area (TPSA) is 108 Å². The minimum Gasteiger partial charge on any atom is -0.505 e. The Morgan fingerprint density at radius 1 is 0.872 bits per heavy atom. The van der Waals surface area contributed by atoms with Crippen LogP contribution in [0.25, 0.3) is 0 Å². The van der Waals surface area contributed by atoms with Crippen molar-refractivity contribution in [3.05, 3.63) is 46.0 Å². The number of ether oxygens (including phenoxy) is 3. The fraction of sp³-hybridized carbons (Fsp3) is 0.520. The molecule has 0 aliphatic heterocycles. The number of hydrogen-bond acceptors (Lipinski definition) is 8. The number of halogens is 6. The molecular formula is C25H28Cl2F4N2O6. The van der Waals surface area contributed by atoms with Crippen LogP contribution in [0.15, 0.2) is 24.3 Å². The number of nitrogens with zero attached hydrogens (tertiary/aromatic N) is 2. The van der Waals surface area contributed by atoms with Crippen LogP contribution in [0.1, 0.15) is 60.0 Å². The van der Waals surface area contributed by atoms with Crippen molar-refractivity contribution in [2.24, 2.45) is 11.8 Å². The molecule has 0 bridgehead atoms. The highest BCUT2D eigenvalue weighted by atomic mass is 35.5. The standard InChI is InChI=1S/C12H12ClF2NO3.C7H6ClNO3.C6H10F2/c1-18-11(17)8-2-3-9(10(13)16-8)19-6-7-4-12(14,15)5-7;1-12-7(11)4-2-3-5(10)6(8)9-4;1-2-5-3-6(7,8)4-5/h2-3,7H,4-6H2,1H3;2-3,10H,1H3;5H,2-4H2,1H3. The zero-order valence-corrected chi connectivity index (χ0v) is 22.9. The predicted molar refractivity (Wildman–Crippen MR) is 134 cm³/mol. The van der Waals surface area contributed by atoms with Gasteiger partial charge in [0.1, 0.15) is 11.4 Å². The van der Waals surface area contributed by atoms with Crippen molar-refractivity contribution < 1.29 is 46.5 Å². The van der Waals surface area contributed by atoms with E-state index in [1.165, 1.54) is 38.5 Å². The van der Waals surface area contributed by atoms with Gasteiger partial charge in [0.15, 0.2) is 21.8 Å². The maximum Gasteiger partial charge on any atom is 0.356 e. The van der Waals surface area contributed by atoms with E-state index in [2.05, 4.69) is 19.4 Å². The molecule has 2 aliphatic rings. The SMILES string of the molecule is CCC1CC(F)(F)C1.COC(=O)c1ccc(O)c(Cl)n1.COC(=O)c1ccc(OCC2CC(F)(F)C2)c(Cl)n1. The van der Waals surface area contributed by atoms with E-state index in [1.54, 1.807) is 0 Å². The maximum atomic E-state index is 12.6. The van der Waals surface area contributed by atoms with Crippen LogP contribution < -0.4 is 4.74 Å². The molecule has 0 spiro atoms.